The van der Waals surface area contributed by atoms with Gasteiger partial charge in [-0.2, -0.15) is 0 Å². The molecule has 2 N–H and O–H groups in total. The Morgan fingerprint density at radius 3 is 2.65 bits per heavy atom. The van der Waals surface area contributed by atoms with E-state index in [0.29, 0.717) is 17.8 Å². The normalized spacial score (nSPS) is 10.1. The van der Waals surface area contributed by atoms with Crippen LogP contribution in [-0.2, 0) is 0 Å². The fourth-order valence-electron chi connectivity index (χ4n) is 1.29. The van der Waals surface area contributed by atoms with Crippen LogP contribution in [0.3, 0.4) is 0 Å². The fourth-order valence-corrected chi connectivity index (χ4v) is 1.63. The molecule has 17 heavy (non-hydrogen) atoms. The largest absolute Gasteiger partial charge is 0.494 e. The summed E-state index contributed by atoms with van der Waals surface area (Å²) in [5.74, 6) is 0.912. The van der Waals surface area contributed by atoms with Crippen LogP contribution in [0.4, 0.5) is 0 Å². The van der Waals surface area contributed by atoms with Crippen LogP contribution < -0.4 is 15.4 Å². The van der Waals surface area contributed by atoms with Gasteiger partial charge < -0.3 is 15.4 Å². The molecule has 0 heterocycles. The SMILES string of the molecule is CC(C)NC(=S)NCCCOc1ccccc1. The monoisotopic (exact) mass is 252 g/mol. The minimum Gasteiger partial charge on any atom is -0.494 e. The van der Waals surface area contributed by atoms with Crippen LogP contribution in [0.5, 0.6) is 5.75 Å². The molecule has 0 saturated heterocycles. The van der Waals surface area contributed by atoms with Crippen molar-refractivity contribution in [2.24, 2.45) is 0 Å². The van der Waals surface area contributed by atoms with E-state index in [0.717, 1.165) is 18.7 Å². The molecule has 0 radical (unpaired) electrons. The molecule has 0 amide bonds. The first-order valence-electron chi connectivity index (χ1n) is 5.90. The molecule has 3 nitrogen and oxygen atoms in total. The van der Waals surface area contributed by atoms with Crippen LogP contribution in [0, 0.1) is 0 Å². The van der Waals surface area contributed by atoms with Crippen LogP contribution in [0.25, 0.3) is 0 Å². The molecular formula is C13H20N2OS. The maximum Gasteiger partial charge on any atom is 0.166 e. The van der Waals surface area contributed by atoms with E-state index >= 15 is 0 Å². The standard InChI is InChI=1S/C13H20N2OS/c1-11(2)15-13(17)14-9-6-10-16-12-7-4-3-5-8-12/h3-5,7-8,11H,6,9-10H2,1-2H3,(H2,14,15,17). The molecule has 0 fully saturated rings. The lowest BCUT2D eigenvalue weighted by Gasteiger charge is -2.13. The van der Waals surface area contributed by atoms with Gasteiger partial charge >= 0.3 is 0 Å². The average Bonchev–Trinajstić information content (AvgIpc) is 2.29. The Morgan fingerprint density at radius 1 is 1.29 bits per heavy atom. The summed E-state index contributed by atoms with van der Waals surface area (Å²) in [5, 5.41) is 6.98. The van der Waals surface area contributed by atoms with Gasteiger partial charge in [0, 0.05) is 12.6 Å². The highest BCUT2D eigenvalue weighted by Crippen LogP contribution is 2.07. The molecule has 0 atom stereocenters. The highest BCUT2D eigenvalue weighted by atomic mass is 32.1. The van der Waals surface area contributed by atoms with Gasteiger partial charge in [0.15, 0.2) is 5.11 Å². The van der Waals surface area contributed by atoms with Crippen molar-refractivity contribution in [1.29, 1.82) is 0 Å². The van der Waals surface area contributed by atoms with Gasteiger partial charge in [-0.1, -0.05) is 18.2 Å². The van der Waals surface area contributed by atoms with Crippen LogP contribution in [-0.4, -0.2) is 24.3 Å². The minimum absolute atomic E-state index is 0.371. The van der Waals surface area contributed by atoms with Crippen molar-refractivity contribution in [2.45, 2.75) is 26.3 Å². The van der Waals surface area contributed by atoms with Crippen molar-refractivity contribution < 1.29 is 4.74 Å². The van der Waals surface area contributed by atoms with Gasteiger partial charge in [-0.15, -0.1) is 0 Å². The quantitative estimate of drug-likeness (QED) is 0.601. The Hall–Kier alpha value is -1.29. The zero-order chi connectivity index (χ0) is 12.5. The van der Waals surface area contributed by atoms with Crippen LogP contribution in [0.1, 0.15) is 20.3 Å². The van der Waals surface area contributed by atoms with Gasteiger partial charge in [0.1, 0.15) is 5.75 Å². The van der Waals surface area contributed by atoms with E-state index in [1.807, 2.05) is 30.3 Å². The second-order valence-corrected chi connectivity index (χ2v) is 4.48. The molecule has 1 rings (SSSR count). The minimum atomic E-state index is 0.371. The Labute approximate surface area is 109 Å². The van der Waals surface area contributed by atoms with Crippen LogP contribution in [0.2, 0.25) is 0 Å². The molecule has 0 bridgehead atoms. The van der Waals surface area contributed by atoms with E-state index in [1.54, 1.807) is 0 Å². The van der Waals surface area contributed by atoms with Gasteiger partial charge in [-0.25, -0.2) is 0 Å². The lowest BCUT2D eigenvalue weighted by molar-refractivity contribution is 0.311. The maximum atomic E-state index is 5.57. The lowest BCUT2D eigenvalue weighted by atomic mass is 10.3. The number of para-hydroxylation sites is 1. The van der Waals surface area contributed by atoms with Crippen molar-refractivity contribution in [1.82, 2.24) is 10.6 Å². The zero-order valence-corrected chi connectivity index (χ0v) is 11.2. The van der Waals surface area contributed by atoms with E-state index in [-0.39, 0.29) is 0 Å². The molecular weight excluding hydrogens is 232 g/mol. The van der Waals surface area contributed by atoms with Crippen molar-refractivity contribution in [3.8, 4) is 5.75 Å². The Bertz CT molecular complexity index is 327. The Morgan fingerprint density at radius 2 is 2.00 bits per heavy atom. The van der Waals surface area contributed by atoms with Crippen LogP contribution in [0.15, 0.2) is 30.3 Å². The smallest absolute Gasteiger partial charge is 0.166 e. The molecule has 0 aliphatic heterocycles. The summed E-state index contributed by atoms with van der Waals surface area (Å²) in [4.78, 5) is 0. The third-order valence-corrected chi connectivity index (χ3v) is 2.30. The molecule has 1 aromatic carbocycles. The van der Waals surface area contributed by atoms with E-state index in [4.69, 9.17) is 17.0 Å². The first kappa shape index (κ1) is 13.8. The van der Waals surface area contributed by atoms with Crippen molar-refractivity contribution in [3.63, 3.8) is 0 Å². The van der Waals surface area contributed by atoms with E-state index in [9.17, 15) is 0 Å². The fraction of sp³-hybridized carbons (Fsp3) is 0.462. The predicted octanol–water partition coefficient (Wildman–Crippen LogP) is 2.33. The molecule has 94 valence electrons. The summed E-state index contributed by atoms with van der Waals surface area (Å²) in [6, 6.07) is 10.2. The average molecular weight is 252 g/mol. The first-order chi connectivity index (χ1) is 8.18. The molecule has 0 unspecified atom stereocenters. The highest BCUT2D eigenvalue weighted by molar-refractivity contribution is 7.80. The molecule has 0 saturated carbocycles. The van der Waals surface area contributed by atoms with E-state index < -0.39 is 0 Å². The molecule has 4 heteroatoms. The van der Waals surface area contributed by atoms with Gasteiger partial charge in [-0.05, 0) is 44.6 Å². The third-order valence-electron chi connectivity index (χ3n) is 2.04. The number of nitrogens with one attached hydrogen (secondary N) is 2. The molecule has 1 aromatic rings. The van der Waals surface area contributed by atoms with Crippen molar-refractivity contribution in [3.05, 3.63) is 30.3 Å². The molecule has 0 spiro atoms. The summed E-state index contributed by atoms with van der Waals surface area (Å²) in [7, 11) is 0. The van der Waals surface area contributed by atoms with Gasteiger partial charge in [0.05, 0.1) is 6.61 Å². The molecule has 0 aliphatic rings. The third kappa shape index (κ3) is 6.79. The summed E-state index contributed by atoms with van der Waals surface area (Å²) in [5.41, 5.74) is 0. The zero-order valence-electron chi connectivity index (χ0n) is 10.4. The number of hydrogen-bond donors (Lipinski definition) is 2. The maximum absolute atomic E-state index is 5.57. The highest BCUT2D eigenvalue weighted by Gasteiger charge is 1.97. The second-order valence-electron chi connectivity index (χ2n) is 4.07. The topological polar surface area (TPSA) is 33.3 Å². The molecule has 0 aromatic heterocycles. The van der Waals surface area contributed by atoms with Gasteiger partial charge in [0.25, 0.3) is 0 Å². The van der Waals surface area contributed by atoms with E-state index in [1.165, 1.54) is 0 Å². The van der Waals surface area contributed by atoms with Crippen LogP contribution >= 0.6 is 12.2 Å². The Balaban J connectivity index is 2.03. The van der Waals surface area contributed by atoms with Gasteiger partial charge in [0.2, 0.25) is 0 Å². The number of hydrogen-bond acceptors (Lipinski definition) is 2. The first-order valence-corrected chi connectivity index (χ1v) is 6.31. The number of ether oxygens (including phenoxy) is 1. The summed E-state index contributed by atoms with van der Waals surface area (Å²) < 4.78 is 5.57. The lowest BCUT2D eigenvalue weighted by Crippen LogP contribution is -2.39. The van der Waals surface area contributed by atoms with Gasteiger partial charge in [-0.3, -0.25) is 0 Å². The number of rotatable bonds is 6. The number of thiocarbonyl (C=S) groups is 1. The summed E-state index contributed by atoms with van der Waals surface area (Å²) in [6.45, 7) is 5.64. The molecule has 0 aliphatic carbocycles. The summed E-state index contributed by atoms with van der Waals surface area (Å²) in [6.07, 6.45) is 0.925. The number of benzene rings is 1. The second kappa shape index (κ2) is 7.90. The van der Waals surface area contributed by atoms with Crippen molar-refractivity contribution in [2.75, 3.05) is 13.2 Å². The predicted molar refractivity (Wildman–Crippen MR) is 75.4 cm³/mol. The van der Waals surface area contributed by atoms with E-state index in [2.05, 4.69) is 24.5 Å². The summed E-state index contributed by atoms with van der Waals surface area (Å²) >= 11 is 5.11. The Kier molecular flexibility index (Phi) is 6.40. The van der Waals surface area contributed by atoms with Crippen molar-refractivity contribution >= 4 is 17.3 Å².